The first-order valence-electron chi connectivity index (χ1n) is 10.4. The van der Waals surface area contributed by atoms with E-state index in [2.05, 4.69) is 9.88 Å². The molecule has 3 aromatic rings. The molecule has 1 amide bonds. The van der Waals surface area contributed by atoms with Gasteiger partial charge in [-0.1, -0.05) is 30.3 Å². The number of aromatic amines is 1. The molecule has 156 valence electrons. The predicted molar refractivity (Wildman–Crippen MR) is 118 cm³/mol. The van der Waals surface area contributed by atoms with Crippen molar-refractivity contribution in [3.05, 3.63) is 76.1 Å². The lowest BCUT2D eigenvalue weighted by atomic mass is 10.1. The summed E-state index contributed by atoms with van der Waals surface area (Å²) in [5, 5.41) is 1.04. The molecule has 1 aromatic heterocycles. The van der Waals surface area contributed by atoms with Crippen LogP contribution in [0.4, 0.5) is 0 Å². The van der Waals surface area contributed by atoms with Gasteiger partial charge in [-0.2, -0.15) is 0 Å². The Morgan fingerprint density at radius 3 is 2.50 bits per heavy atom. The van der Waals surface area contributed by atoms with Gasteiger partial charge in [-0.15, -0.1) is 0 Å². The van der Waals surface area contributed by atoms with Gasteiger partial charge in [0.05, 0.1) is 7.11 Å². The molecule has 1 aliphatic heterocycles. The number of fused-ring (bicyclic) bond motifs is 1. The summed E-state index contributed by atoms with van der Waals surface area (Å²) in [5.74, 6) is 1.01. The van der Waals surface area contributed by atoms with E-state index in [1.807, 2.05) is 59.5 Å². The maximum Gasteiger partial charge on any atom is 0.252 e. The summed E-state index contributed by atoms with van der Waals surface area (Å²) in [6.07, 6.45) is 1.24. The van der Waals surface area contributed by atoms with Crippen LogP contribution >= 0.6 is 0 Å². The molecular formula is C24H27N3O3. The quantitative estimate of drug-likeness (QED) is 0.685. The second kappa shape index (κ2) is 9.13. The van der Waals surface area contributed by atoms with Crippen LogP contribution in [0.15, 0.2) is 59.4 Å². The molecule has 0 saturated carbocycles. The third-order valence-corrected chi connectivity index (χ3v) is 5.74. The van der Waals surface area contributed by atoms with Gasteiger partial charge in [0.2, 0.25) is 5.91 Å². The summed E-state index contributed by atoms with van der Waals surface area (Å²) in [6.45, 7) is 3.56. The zero-order valence-corrected chi connectivity index (χ0v) is 17.3. The van der Waals surface area contributed by atoms with Gasteiger partial charge in [0.25, 0.3) is 5.56 Å². The highest BCUT2D eigenvalue weighted by molar-refractivity contribution is 5.78. The second-order valence-electron chi connectivity index (χ2n) is 7.72. The Bertz CT molecular complexity index is 1070. The van der Waals surface area contributed by atoms with Gasteiger partial charge >= 0.3 is 0 Å². The number of ether oxygens (including phenoxy) is 1. The highest BCUT2D eigenvalue weighted by Gasteiger charge is 2.21. The number of carbonyl (C=O) groups is 1. The number of pyridine rings is 1. The number of amides is 1. The number of nitrogens with zero attached hydrogens (tertiary/aromatic N) is 2. The molecule has 4 rings (SSSR count). The van der Waals surface area contributed by atoms with Crippen LogP contribution in [0.25, 0.3) is 10.9 Å². The monoisotopic (exact) mass is 405 g/mol. The lowest BCUT2D eigenvalue weighted by Crippen LogP contribution is -2.48. The van der Waals surface area contributed by atoms with Gasteiger partial charge in [-0.05, 0) is 41.6 Å². The average Bonchev–Trinajstić information content (AvgIpc) is 2.79. The molecule has 30 heavy (non-hydrogen) atoms. The van der Waals surface area contributed by atoms with Crippen molar-refractivity contribution >= 4 is 16.8 Å². The van der Waals surface area contributed by atoms with Crippen LogP contribution in [0, 0.1) is 0 Å². The number of H-pyrrole nitrogens is 1. The number of aryl methyl sites for hydroxylation is 1. The number of methoxy groups -OCH3 is 1. The first-order valence-corrected chi connectivity index (χ1v) is 10.4. The van der Waals surface area contributed by atoms with Gasteiger partial charge in [0.1, 0.15) is 5.75 Å². The Balaban J connectivity index is 1.28. The normalized spacial score (nSPS) is 14.8. The second-order valence-corrected chi connectivity index (χ2v) is 7.72. The van der Waals surface area contributed by atoms with Crippen LogP contribution in [0.1, 0.15) is 17.5 Å². The number of hydrogen-bond donors (Lipinski definition) is 1. The maximum atomic E-state index is 12.6. The predicted octanol–water partition coefficient (Wildman–Crippen LogP) is 2.81. The van der Waals surface area contributed by atoms with Crippen LogP contribution < -0.4 is 10.3 Å². The smallest absolute Gasteiger partial charge is 0.252 e. The largest absolute Gasteiger partial charge is 0.497 e. The van der Waals surface area contributed by atoms with Crippen molar-refractivity contribution in [2.24, 2.45) is 0 Å². The molecule has 1 aliphatic rings. The van der Waals surface area contributed by atoms with E-state index in [1.54, 1.807) is 7.11 Å². The number of para-hydroxylation sites is 1. The molecule has 1 N–H and O–H groups in total. The average molecular weight is 405 g/mol. The van der Waals surface area contributed by atoms with Gasteiger partial charge in [0, 0.05) is 50.2 Å². The van der Waals surface area contributed by atoms with Crippen molar-refractivity contribution in [1.82, 2.24) is 14.8 Å². The minimum Gasteiger partial charge on any atom is -0.497 e. The SMILES string of the molecule is COc1ccc(CCC(=O)N2CCN(Cc3cc4ccccc4[nH]c3=O)CC2)cc1. The van der Waals surface area contributed by atoms with Gasteiger partial charge in [-0.3, -0.25) is 14.5 Å². The molecule has 0 spiro atoms. The minimum atomic E-state index is -0.0355. The van der Waals surface area contributed by atoms with Crippen molar-refractivity contribution in [3.63, 3.8) is 0 Å². The number of aromatic nitrogens is 1. The van der Waals surface area contributed by atoms with Gasteiger partial charge in [0.15, 0.2) is 0 Å². The molecule has 0 bridgehead atoms. The molecule has 1 fully saturated rings. The van der Waals surface area contributed by atoms with E-state index in [9.17, 15) is 9.59 Å². The fourth-order valence-corrected chi connectivity index (χ4v) is 3.91. The van der Waals surface area contributed by atoms with E-state index in [0.29, 0.717) is 26.1 Å². The molecule has 1 saturated heterocycles. The Kier molecular flexibility index (Phi) is 6.14. The van der Waals surface area contributed by atoms with E-state index in [0.717, 1.165) is 47.3 Å². The summed E-state index contributed by atoms with van der Waals surface area (Å²) in [6, 6.07) is 17.6. The first kappa shape index (κ1) is 20.2. The zero-order valence-electron chi connectivity index (χ0n) is 17.3. The third-order valence-electron chi connectivity index (χ3n) is 5.74. The molecular weight excluding hydrogens is 378 g/mol. The molecule has 2 aromatic carbocycles. The number of rotatable bonds is 6. The van der Waals surface area contributed by atoms with E-state index in [4.69, 9.17) is 4.74 Å². The standard InChI is InChI=1S/C24H27N3O3/c1-30-21-9-6-18(7-10-21)8-11-23(28)27-14-12-26(13-15-27)17-20-16-19-4-2-3-5-22(19)25-24(20)29/h2-7,9-10,16H,8,11-15,17H2,1H3,(H,25,29). The van der Waals surface area contributed by atoms with Crippen LogP contribution in [0.3, 0.4) is 0 Å². The fourth-order valence-electron chi connectivity index (χ4n) is 3.91. The number of piperazine rings is 1. The van der Waals surface area contributed by atoms with E-state index < -0.39 is 0 Å². The van der Waals surface area contributed by atoms with Crippen LogP contribution in [-0.2, 0) is 17.8 Å². The van der Waals surface area contributed by atoms with E-state index in [1.165, 1.54) is 0 Å². The van der Waals surface area contributed by atoms with Crippen LogP contribution in [0.2, 0.25) is 0 Å². The summed E-state index contributed by atoms with van der Waals surface area (Å²) in [4.78, 5) is 32.1. The number of hydrogen-bond acceptors (Lipinski definition) is 4. The molecule has 0 unspecified atom stereocenters. The molecule has 2 heterocycles. The van der Waals surface area contributed by atoms with Crippen molar-refractivity contribution in [2.45, 2.75) is 19.4 Å². The summed E-state index contributed by atoms with van der Waals surface area (Å²) in [7, 11) is 1.65. The fraction of sp³-hybridized carbons (Fsp3) is 0.333. The topological polar surface area (TPSA) is 65.6 Å². The lowest BCUT2D eigenvalue weighted by Gasteiger charge is -2.34. The summed E-state index contributed by atoms with van der Waals surface area (Å²) < 4.78 is 5.17. The van der Waals surface area contributed by atoms with Crippen LogP contribution in [-0.4, -0.2) is 54.0 Å². The van der Waals surface area contributed by atoms with Crippen LogP contribution in [0.5, 0.6) is 5.75 Å². The molecule has 0 atom stereocenters. The number of benzene rings is 2. The Labute approximate surface area is 176 Å². The number of nitrogens with one attached hydrogen (secondary N) is 1. The molecule has 0 radical (unpaired) electrons. The summed E-state index contributed by atoms with van der Waals surface area (Å²) in [5.41, 5.74) is 2.73. The Hall–Kier alpha value is -3.12. The molecule has 6 nitrogen and oxygen atoms in total. The van der Waals surface area contributed by atoms with Gasteiger partial charge in [-0.25, -0.2) is 0 Å². The van der Waals surface area contributed by atoms with E-state index >= 15 is 0 Å². The Morgan fingerprint density at radius 2 is 1.77 bits per heavy atom. The van der Waals surface area contributed by atoms with Crippen molar-refractivity contribution in [3.8, 4) is 5.75 Å². The van der Waals surface area contributed by atoms with Crippen molar-refractivity contribution < 1.29 is 9.53 Å². The number of carbonyl (C=O) groups excluding carboxylic acids is 1. The summed E-state index contributed by atoms with van der Waals surface area (Å²) >= 11 is 0. The molecule has 0 aliphatic carbocycles. The molecule has 6 heteroatoms. The van der Waals surface area contributed by atoms with Gasteiger partial charge < -0.3 is 14.6 Å². The lowest BCUT2D eigenvalue weighted by molar-refractivity contribution is -0.133. The highest BCUT2D eigenvalue weighted by atomic mass is 16.5. The van der Waals surface area contributed by atoms with Crippen molar-refractivity contribution in [2.75, 3.05) is 33.3 Å². The maximum absolute atomic E-state index is 12.6. The third kappa shape index (κ3) is 4.71. The van der Waals surface area contributed by atoms with E-state index in [-0.39, 0.29) is 11.5 Å². The highest BCUT2D eigenvalue weighted by Crippen LogP contribution is 2.15. The Morgan fingerprint density at radius 1 is 1.03 bits per heavy atom. The first-order chi connectivity index (χ1) is 14.6. The zero-order chi connectivity index (χ0) is 20.9. The van der Waals surface area contributed by atoms with Crippen molar-refractivity contribution in [1.29, 1.82) is 0 Å². The minimum absolute atomic E-state index is 0.0355.